The van der Waals surface area contributed by atoms with Crippen LogP contribution < -0.4 is 5.32 Å². The van der Waals surface area contributed by atoms with Crippen molar-refractivity contribution in [3.63, 3.8) is 0 Å². The minimum Gasteiger partial charge on any atom is -0.316 e. The molecule has 0 spiro atoms. The molecule has 2 heteroatoms. The van der Waals surface area contributed by atoms with Gasteiger partial charge in [0.05, 0.1) is 0 Å². The molecule has 0 amide bonds. The van der Waals surface area contributed by atoms with Crippen LogP contribution in [-0.2, 0) is 0 Å². The number of hydrogen-bond acceptors (Lipinski definition) is 1. The molecule has 0 radical (unpaired) electrons. The molecule has 1 heterocycles. The molecule has 0 aromatic heterocycles. The largest absolute Gasteiger partial charge is 0.316 e. The number of rotatable bonds is 2. The van der Waals surface area contributed by atoms with E-state index in [1.165, 1.54) is 6.42 Å². The monoisotopic (exact) mass is 261 g/mol. The van der Waals surface area contributed by atoms with Gasteiger partial charge in [0, 0.05) is 12.0 Å². The molecule has 0 aromatic rings. The van der Waals surface area contributed by atoms with Crippen molar-refractivity contribution < 1.29 is 0 Å². The van der Waals surface area contributed by atoms with E-state index in [4.69, 9.17) is 0 Å². The molecule has 0 bridgehead atoms. The molecule has 0 unspecified atom stereocenters. The fourth-order valence-electron chi connectivity index (χ4n) is 1.42. The first-order valence-corrected chi connectivity index (χ1v) is 6.40. The van der Waals surface area contributed by atoms with Crippen molar-refractivity contribution in [1.82, 2.24) is 5.32 Å². The van der Waals surface area contributed by atoms with Crippen molar-refractivity contribution in [3.05, 3.63) is 21.8 Å². The normalized spacial score (nSPS) is 34.5. The number of allylic oxidation sites excluding steroid dienone is 2. The molecule has 1 aliphatic heterocycles. The summed E-state index contributed by atoms with van der Waals surface area (Å²) in [7, 11) is 2.05. The van der Waals surface area contributed by atoms with Gasteiger partial charge in [-0.15, -0.1) is 0 Å². The van der Waals surface area contributed by atoms with Gasteiger partial charge in [-0.2, -0.15) is 0 Å². The first-order chi connectivity index (χ1) is 5.42. The van der Waals surface area contributed by atoms with Gasteiger partial charge in [0.25, 0.3) is 0 Å². The third kappa shape index (κ3) is 1.62. The van der Waals surface area contributed by atoms with Crippen LogP contribution in [0.2, 0.25) is 0 Å². The Kier molecular flexibility index (Phi) is 2.23. The van der Waals surface area contributed by atoms with Crippen molar-refractivity contribution in [2.75, 3.05) is 7.05 Å². The van der Waals surface area contributed by atoms with Gasteiger partial charge in [-0.3, -0.25) is 0 Å². The summed E-state index contributed by atoms with van der Waals surface area (Å²) < 4.78 is 4.75. The van der Waals surface area contributed by atoms with Gasteiger partial charge < -0.3 is 5.32 Å². The Morgan fingerprint density at radius 3 is 3.09 bits per heavy atom. The van der Waals surface area contributed by atoms with Crippen molar-refractivity contribution in [2.24, 2.45) is 5.92 Å². The predicted octanol–water partition coefficient (Wildman–Crippen LogP) is 1.82. The Morgan fingerprint density at radius 1 is 1.64 bits per heavy atom. The first kappa shape index (κ1) is 7.68. The van der Waals surface area contributed by atoms with Crippen LogP contribution in [0.5, 0.6) is 0 Å². The predicted molar refractivity (Wildman–Crippen MR) is 58.3 cm³/mol. The van der Waals surface area contributed by atoms with E-state index >= 15 is 0 Å². The molecule has 1 aliphatic carbocycles. The van der Waals surface area contributed by atoms with E-state index in [0.29, 0.717) is 0 Å². The second-order valence-corrected chi connectivity index (χ2v) is 5.02. The summed E-state index contributed by atoms with van der Waals surface area (Å²) in [6.07, 6.45) is 5.83. The van der Waals surface area contributed by atoms with Crippen molar-refractivity contribution in [1.29, 1.82) is 0 Å². The molecule has 0 saturated heterocycles. The zero-order chi connectivity index (χ0) is 7.68. The van der Waals surface area contributed by atoms with Gasteiger partial charge in [0.1, 0.15) is 0 Å². The van der Waals surface area contributed by atoms with Crippen LogP contribution in [0.1, 0.15) is 6.42 Å². The Hall–Kier alpha value is 0.0400. The van der Waals surface area contributed by atoms with Crippen LogP contribution in [0, 0.1) is 5.92 Å². The average Bonchev–Trinajstić information content (AvgIpc) is 2.85. The highest BCUT2D eigenvalue weighted by Gasteiger charge is 2.37. The third-order valence-corrected chi connectivity index (χ3v) is 4.12. The van der Waals surface area contributed by atoms with Gasteiger partial charge in [0.2, 0.25) is 0 Å². The Labute approximate surface area is 77.3 Å². The van der Waals surface area contributed by atoms with Crippen LogP contribution in [-0.4, -0.2) is 17.1 Å². The highest BCUT2D eigenvalue weighted by Crippen LogP contribution is 2.37. The Morgan fingerprint density at radius 2 is 2.55 bits per heavy atom. The molecular formula is C9H12IN. The SMILES string of the molecule is CN[C@@H]1C[C@H]1C1=CC=CI=C1. The molecule has 2 aliphatic rings. The summed E-state index contributed by atoms with van der Waals surface area (Å²) in [4.78, 5) is 0. The average molecular weight is 261 g/mol. The van der Waals surface area contributed by atoms with Crippen molar-refractivity contribution >= 4 is 24.7 Å². The summed E-state index contributed by atoms with van der Waals surface area (Å²) in [6, 6.07) is 0.771. The maximum atomic E-state index is 3.31. The lowest BCUT2D eigenvalue weighted by atomic mass is 10.2. The van der Waals surface area contributed by atoms with E-state index in [2.05, 4.69) is 32.6 Å². The lowest BCUT2D eigenvalue weighted by Gasteiger charge is -2.00. The van der Waals surface area contributed by atoms with E-state index in [1.54, 1.807) is 5.57 Å². The maximum Gasteiger partial charge on any atom is 0.0140 e. The van der Waals surface area contributed by atoms with E-state index < -0.39 is 0 Å². The minimum atomic E-state index is 0.255. The van der Waals surface area contributed by atoms with Crippen LogP contribution in [0.25, 0.3) is 0 Å². The second-order valence-electron chi connectivity index (χ2n) is 2.96. The number of nitrogens with one attached hydrogen (secondary N) is 1. The molecule has 1 nitrogen and oxygen atoms in total. The Balaban J connectivity index is 2.03. The molecular weight excluding hydrogens is 249 g/mol. The first-order valence-electron chi connectivity index (χ1n) is 3.91. The zero-order valence-electron chi connectivity index (χ0n) is 6.55. The van der Waals surface area contributed by atoms with Gasteiger partial charge in [-0.25, -0.2) is 0 Å². The van der Waals surface area contributed by atoms with Crippen LogP contribution in [0.15, 0.2) is 21.8 Å². The fourth-order valence-corrected chi connectivity index (χ4v) is 3.16. The van der Waals surface area contributed by atoms with Gasteiger partial charge in [-0.05, 0) is 27.1 Å². The second kappa shape index (κ2) is 3.19. The maximum absolute atomic E-state index is 3.31. The molecule has 1 saturated carbocycles. The summed E-state index contributed by atoms with van der Waals surface area (Å²) in [6.45, 7) is 0. The van der Waals surface area contributed by atoms with E-state index in [9.17, 15) is 0 Å². The van der Waals surface area contributed by atoms with Gasteiger partial charge in [-0.1, -0.05) is 32.9 Å². The lowest BCUT2D eigenvalue weighted by Crippen LogP contribution is -2.11. The van der Waals surface area contributed by atoms with Crippen LogP contribution in [0.4, 0.5) is 0 Å². The molecule has 2 atom stereocenters. The molecule has 1 fully saturated rings. The van der Waals surface area contributed by atoms with E-state index in [-0.39, 0.29) is 20.7 Å². The van der Waals surface area contributed by atoms with Crippen LogP contribution in [0.3, 0.4) is 0 Å². The molecule has 11 heavy (non-hydrogen) atoms. The highest BCUT2D eigenvalue weighted by molar-refractivity contribution is 14.2. The summed E-state index contributed by atoms with van der Waals surface area (Å²) >= 11 is 0.255. The lowest BCUT2D eigenvalue weighted by molar-refractivity contribution is 0.769. The van der Waals surface area contributed by atoms with Crippen LogP contribution >= 0.6 is 20.7 Å². The molecule has 1 N–H and O–H groups in total. The van der Waals surface area contributed by atoms with Gasteiger partial charge in [0.15, 0.2) is 0 Å². The van der Waals surface area contributed by atoms with Gasteiger partial charge >= 0.3 is 0 Å². The summed E-state index contributed by atoms with van der Waals surface area (Å²) in [5.74, 6) is 0.838. The highest BCUT2D eigenvalue weighted by atomic mass is 127. The standard InChI is InChI=1S/C9H12IN/c1-11-9-5-8(9)7-3-2-4-10-6-7/h2-4,6,8-9,11H,5H2,1H3/t8-,9+/m0/s1. The van der Waals surface area contributed by atoms with Crippen molar-refractivity contribution in [3.8, 4) is 0 Å². The minimum absolute atomic E-state index is 0.255. The van der Waals surface area contributed by atoms with E-state index in [0.717, 1.165) is 12.0 Å². The Bertz CT molecular complexity index is 240. The zero-order valence-corrected chi connectivity index (χ0v) is 8.71. The smallest absolute Gasteiger partial charge is 0.0140 e. The molecule has 60 valence electrons. The fraction of sp³-hybridized carbons (Fsp3) is 0.444. The quantitative estimate of drug-likeness (QED) is 0.748. The molecule has 0 aromatic carbocycles. The number of halogens is 1. The summed E-state index contributed by atoms with van der Waals surface area (Å²) in [5.41, 5.74) is 1.58. The topological polar surface area (TPSA) is 12.0 Å². The van der Waals surface area contributed by atoms with Crippen molar-refractivity contribution in [2.45, 2.75) is 12.5 Å². The molecule has 2 rings (SSSR count). The van der Waals surface area contributed by atoms with E-state index in [1.807, 2.05) is 0 Å². The third-order valence-electron chi connectivity index (χ3n) is 2.21. The summed E-state index contributed by atoms with van der Waals surface area (Å²) in [5, 5.41) is 3.31. The number of hydrogen-bond donors (Lipinski definition) is 1.